The second-order valence-electron chi connectivity index (χ2n) is 3.92. The Morgan fingerprint density at radius 3 is 2.82 bits per heavy atom. The van der Waals surface area contributed by atoms with E-state index in [0.717, 1.165) is 15.6 Å². The summed E-state index contributed by atoms with van der Waals surface area (Å²) < 4.78 is 0.987. The fraction of sp³-hybridized carbons (Fsp3) is 0.364. The SMILES string of the molecule is Cc1ccc(C(O)Cc2nnn(C)n2)cc1Br. The minimum atomic E-state index is -0.615. The van der Waals surface area contributed by atoms with Crippen molar-refractivity contribution in [3.05, 3.63) is 39.6 Å². The normalized spacial score (nSPS) is 12.7. The summed E-state index contributed by atoms with van der Waals surface area (Å²) in [4.78, 5) is 1.38. The molecule has 1 aromatic carbocycles. The standard InChI is InChI=1S/C11H13BrN4O/c1-7-3-4-8(5-9(7)12)10(17)6-11-13-15-16(2)14-11/h3-5,10,17H,6H2,1-2H3. The highest BCUT2D eigenvalue weighted by molar-refractivity contribution is 9.10. The molecular formula is C11H13BrN4O. The highest BCUT2D eigenvalue weighted by Gasteiger charge is 2.12. The molecular weight excluding hydrogens is 284 g/mol. The van der Waals surface area contributed by atoms with E-state index in [1.807, 2.05) is 25.1 Å². The molecule has 90 valence electrons. The maximum absolute atomic E-state index is 10.1. The van der Waals surface area contributed by atoms with Gasteiger partial charge in [0.05, 0.1) is 13.2 Å². The third kappa shape index (κ3) is 2.89. The van der Waals surface area contributed by atoms with Crippen LogP contribution in [-0.2, 0) is 13.5 Å². The molecule has 1 unspecified atom stereocenters. The largest absolute Gasteiger partial charge is 0.388 e. The molecule has 0 aliphatic rings. The molecule has 0 aliphatic carbocycles. The zero-order chi connectivity index (χ0) is 12.4. The van der Waals surface area contributed by atoms with Crippen LogP contribution in [0, 0.1) is 6.92 Å². The first-order chi connectivity index (χ1) is 8.06. The lowest BCUT2D eigenvalue weighted by molar-refractivity contribution is 0.175. The van der Waals surface area contributed by atoms with E-state index in [1.165, 1.54) is 4.80 Å². The van der Waals surface area contributed by atoms with Gasteiger partial charge in [-0.15, -0.1) is 10.2 Å². The van der Waals surface area contributed by atoms with E-state index in [0.29, 0.717) is 12.2 Å². The zero-order valence-corrected chi connectivity index (χ0v) is 11.2. The number of hydrogen-bond acceptors (Lipinski definition) is 4. The number of rotatable bonds is 3. The van der Waals surface area contributed by atoms with E-state index >= 15 is 0 Å². The van der Waals surface area contributed by atoms with E-state index in [2.05, 4.69) is 31.3 Å². The van der Waals surface area contributed by atoms with Crippen molar-refractivity contribution >= 4 is 15.9 Å². The van der Waals surface area contributed by atoms with Gasteiger partial charge in [0.15, 0.2) is 5.82 Å². The van der Waals surface area contributed by atoms with Crippen LogP contribution in [0.5, 0.6) is 0 Å². The molecule has 1 aromatic heterocycles. The number of tetrazole rings is 1. The quantitative estimate of drug-likeness (QED) is 0.933. The van der Waals surface area contributed by atoms with Crippen molar-refractivity contribution in [3.63, 3.8) is 0 Å². The maximum Gasteiger partial charge on any atom is 0.177 e. The van der Waals surface area contributed by atoms with Crippen LogP contribution in [0.2, 0.25) is 0 Å². The lowest BCUT2D eigenvalue weighted by Crippen LogP contribution is -2.04. The van der Waals surface area contributed by atoms with Crippen LogP contribution in [0.25, 0.3) is 0 Å². The number of aliphatic hydroxyl groups excluding tert-OH is 1. The highest BCUT2D eigenvalue weighted by atomic mass is 79.9. The average molecular weight is 297 g/mol. The first-order valence-electron chi connectivity index (χ1n) is 5.23. The fourth-order valence-corrected chi connectivity index (χ4v) is 1.91. The Morgan fingerprint density at radius 2 is 2.24 bits per heavy atom. The highest BCUT2D eigenvalue weighted by Crippen LogP contribution is 2.23. The average Bonchev–Trinajstić information content (AvgIpc) is 2.68. The summed E-state index contributed by atoms with van der Waals surface area (Å²) in [6.07, 6.45) is -0.250. The molecule has 2 aromatic rings. The van der Waals surface area contributed by atoms with E-state index in [4.69, 9.17) is 0 Å². The van der Waals surface area contributed by atoms with Crippen molar-refractivity contribution in [2.45, 2.75) is 19.4 Å². The Kier molecular flexibility index (Phi) is 3.54. The van der Waals surface area contributed by atoms with Crippen molar-refractivity contribution in [2.24, 2.45) is 7.05 Å². The smallest absolute Gasteiger partial charge is 0.177 e. The van der Waals surface area contributed by atoms with Crippen LogP contribution in [0.1, 0.15) is 23.1 Å². The minimum absolute atomic E-state index is 0.364. The third-order valence-electron chi connectivity index (χ3n) is 2.51. The first kappa shape index (κ1) is 12.2. The molecule has 0 radical (unpaired) electrons. The van der Waals surface area contributed by atoms with E-state index in [9.17, 15) is 5.11 Å². The summed E-state index contributed by atoms with van der Waals surface area (Å²) in [6.45, 7) is 2.00. The second-order valence-corrected chi connectivity index (χ2v) is 4.78. The molecule has 6 heteroatoms. The molecule has 0 amide bonds. The van der Waals surface area contributed by atoms with Gasteiger partial charge in [-0.3, -0.25) is 0 Å². The zero-order valence-electron chi connectivity index (χ0n) is 9.63. The van der Waals surface area contributed by atoms with E-state index in [1.54, 1.807) is 7.05 Å². The topological polar surface area (TPSA) is 63.8 Å². The monoisotopic (exact) mass is 296 g/mol. The number of halogens is 1. The van der Waals surface area contributed by atoms with Gasteiger partial charge in [0.2, 0.25) is 0 Å². The Labute approximate surface area is 108 Å². The maximum atomic E-state index is 10.1. The van der Waals surface area contributed by atoms with Crippen LogP contribution < -0.4 is 0 Å². The first-order valence-corrected chi connectivity index (χ1v) is 6.02. The molecule has 0 spiro atoms. The molecule has 1 heterocycles. The Bertz CT molecular complexity index is 526. The van der Waals surface area contributed by atoms with Gasteiger partial charge in [0, 0.05) is 10.9 Å². The van der Waals surface area contributed by atoms with Crippen LogP contribution in [0.3, 0.4) is 0 Å². The summed E-state index contributed by atoms with van der Waals surface area (Å²) in [7, 11) is 1.70. The van der Waals surface area contributed by atoms with Crippen molar-refractivity contribution in [1.29, 1.82) is 0 Å². The van der Waals surface area contributed by atoms with Gasteiger partial charge in [-0.2, -0.15) is 4.80 Å². The molecule has 0 bridgehead atoms. The molecule has 0 saturated heterocycles. The molecule has 0 saturated carbocycles. The number of hydrogen-bond donors (Lipinski definition) is 1. The summed E-state index contributed by atoms with van der Waals surface area (Å²) >= 11 is 3.45. The number of aryl methyl sites for hydroxylation is 2. The number of aromatic nitrogens is 4. The molecule has 1 atom stereocenters. The predicted molar refractivity (Wildman–Crippen MR) is 66.3 cm³/mol. The molecule has 1 N–H and O–H groups in total. The van der Waals surface area contributed by atoms with Gasteiger partial charge in [-0.1, -0.05) is 28.1 Å². The van der Waals surface area contributed by atoms with Gasteiger partial charge >= 0.3 is 0 Å². The van der Waals surface area contributed by atoms with Gasteiger partial charge in [-0.05, 0) is 29.3 Å². The molecule has 0 aliphatic heterocycles. The lowest BCUT2D eigenvalue weighted by Gasteiger charge is -2.10. The van der Waals surface area contributed by atoms with Crippen molar-refractivity contribution in [2.75, 3.05) is 0 Å². The van der Waals surface area contributed by atoms with E-state index in [-0.39, 0.29) is 0 Å². The minimum Gasteiger partial charge on any atom is -0.388 e. The molecule has 0 fully saturated rings. The van der Waals surface area contributed by atoms with E-state index < -0.39 is 6.10 Å². The van der Waals surface area contributed by atoms with Crippen molar-refractivity contribution in [1.82, 2.24) is 20.2 Å². The Balaban J connectivity index is 2.14. The molecule has 5 nitrogen and oxygen atoms in total. The third-order valence-corrected chi connectivity index (χ3v) is 3.36. The summed E-state index contributed by atoms with van der Waals surface area (Å²) in [5.74, 6) is 0.539. The van der Waals surface area contributed by atoms with Crippen LogP contribution in [0.4, 0.5) is 0 Å². The van der Waals surface area contributed by atoms with Crippen molar-refractivity contribution < 1.29 is 5.11 Å². The van der Waals surface area contributed by atoms with Crippen LogP contribution >= 0.6 is 15.9 Å². The summed E-state index contributed by atoms with van der Waals surface area (Å²) in [5.41, 5.74) is 1.98. The van der Waals surface area contributed by atoms with Crippen LogP contribution in [0.15, 0.2) is 22.7 Å². The van der Waals surface area contributed by atoms with Crippen LogP contribution in [-0.4, -0.2) is 25.3 Å². The van der Waals surface area contributed by atoms with Gasteiger partial charge in [0.1, 0.15) is 0 Å². The number of benzene rings is 1. The summed E-state index contributed by atoms with van der Waals surface area (Å²) in [5, 5.41) is 21.7. The van der Waals surface area contributed by atoms with Gasteiger partial charge < -0.3 is 5.11 Å². The predicted octanol–water partition coefficient (Wildman–Crippen LogP) is 1.56. The lowest BCUT2D eigenvalue weighted by atomic mass is 10.0. The molecule has 2 rings (SSSR count). The Hall–Kier alpha value is -1.27. The second kappa shape index (κ2) is 4.93. The van der Waals surface area contributed by atoms with Gasteiger partial charge in [-0.25, -0.2) is 0 Å². The fourth-order valence-electron chi connectivity index (χ4n) is 1.51. The molecule has 17 heavy (non-hydrogen) atoms. The number of nitrogens with zero attached hydrogens (tertiary/aromatic N) is 4. The van der Waals surface area contributed by atoms with Gasteiger partial charge in [0.25, 0.3) is 0 Å². The van der Waals surface area contributed by atoms with Crippen molar-refractivity contribution in [3.8, 4) is 0 Å². The summed E-state index contributed by atoms with van der Waals surface area (Å²) in [6, 6.07) is 5.78. The number of aliphatic hydroxyl groups is 1. The Morgan fingerprint density at radius 1 is 1.47 bits per heavy atom.